The molecule has 4 aliphatic carbocycles. The van der Waals surface area contributed by atoms with Gasteiger partial charge in [-0.2, -0.15) is 0 Å². The summed E-state index contributed by atoms with van der Waals surface area (Å²) in [6, 6.07) is 4.18. The third-order valence-electron chi connectivity index (χ3n) is 8.47. The summed E-state index contributed by atoms with van der Waals surface area (Å²) in [4.78, 5) is 32.4. The van der Waals surface area contributed by atoms with Gasteiger partial charge in [-0.1, -0.05) is 6.07 Å². The fourth-order valence-corrected chi connectivity index (χ4v) is 6.76. The fourth-order valence-electron chi connectivity index (χ4n) is 6.76. The second-order valence-electron chi connectivity index (χ2n) is 10.7. The number of rotatable bonds is 5. The van der Waals surface area contributed by atoms with Crippen molar-refractivity contribution >= 4 is 17.6 Å². The lowest BCUT2D eigenvalue weighted by Gasteiger charge is -2.59. The lowest BCUT2D eigenvalue weighted by atomic mass is 9.47. The van der Waals surface area contributed by atoms with Crippen LogP contribution in [-0.4, -0.2) is 49.1 Å². The molecule has 1 saturated heterocycles. The molecule has 5 atom stereocenters. The van der Waals surface area contributed by atoms with Crippen LogP contribution < -0.4 is 16.0 Å². The first kappa shape index (κ1) is 20.7. The number of nitrogens with two attached hydrogens (primary N) is 1. The van der Waals surface area contributed by atoms with Gasteiger partial charge in [0.1, 0.15) is 5.82 Å². The van der Waals surface area contributed by atoms with Crippen molar-refractivity contribution in [3.8, 4) is 0 Å². The van der Waals surface area contributed by atoms with Crippen molar-refractivity contribution in [3.05, 3.63) is 23.9 Å². The van der Waals surface area contributed by atoms with Gasteiger partial charge in [0.15, 0.2) is 0 Å². The van der Waals surface area contributed by atoms with Gasteiger partial charge < -0.3 is 20.7 Å². The molecule has 168 valence electrons. The molecule has 7 nitrogen and oxygen atoms in total. The number of anilines is 1. The number of carbonyl (C=O) groups excluding carboxylic acids is 2. The van der Waals surface area contributed by atoms with Crippen molar-refractivity contribution in [2.45, 2.75) is 57.4 Å². The standard InChI is InChI=1S/C24H34N4O3/c1-23(2,18-3-4-19(26-14-18)28-5-7-31-8-6-28)22(30)27-20-16-9-15-10-17(20)13-24(11-15,12-16)21(25)29/h3-4,14-17,20H,5-13H2,1-2H3,(H2,25,29)(H,27,30)/t15?,16-,17+,20?,24?. The molecule has 6 rings (SSSR count). The van der Waals surface area contributed by atoms with Gasteiger partial charge in [0.2, 0.25) is 11.8 Å². The zero-order valence-corrected chi connectivity index (χ0v) is 18.6. The Bertz CT molecular complexity index is 846. The Morgan fingerprint density at radius 2 is 1.84 bits per heavy atom. The highest BCUT2D eigenvalue weighted by molar-refractivity contribution is 5.88. The van der Waals surface area contributed by atoms with Gasteiger partial charge in [-0.3, -0.25) is 9.59 Å². The Balaban J connectivity index is 1.28. The summed E-state index contributed by atoms with van der Waals surface area (Å²) in [5.41, 5.74) is 5.72. The molecule has 3 N–H and O–H groups in total. The molecule has 1 aromatic heterocycles. The third-order valence-corrected chi connectivity index (χ3v) is 8.47. The minimum atomic E-state index is -0.674. The van der Waals surface area contributed by atoms with Crippen LogP contribution in [0.25, 0.3) is 0 Å². The molecule has 2 amide bonds. The summed E-state index contributed by atoms with van der Waals surface area (Å²) < 4.78 is 5.41. The predicted molar refractivity (Wildman–Crippen MR) is 117 cm³/mol. The Hall–Kier alpha value is -2.15. The summed E-state index contributed by atoms with van der Waals surface area (Å²) in [6.07, 6.45) is 6.65. The van der Waals surface area contributed by atoms with Crippen LogP contribution in [0.5, 0.6) is 0 Å². The topological polar surface area (TPSA) is 97.5 Å². The number of amides is 2. The molecule has 31 heavy (non-hydrogen) atoms. The van der Waals surface area contributed by atoms with E-state index in [4.69, 9.17) is 10.5 Å². The van der Waals surface area contributed by atoms with Crippen LogP contribution in [-0.2, 0) is 19.7 Å². The van der Waals surface area contributed by atoms with E-state index in [1.54, 1.807) is 0 Å². The highest BCUT2D eigenvalue weighted by Crippen LogP contribution is 2.60. The van der Waals surface area contributed by atoms with Gasteiger partial charge in [0, 0.05) is 30.7 Å². The van der Waals surface area contributed by atoms with Crippen molar-refractivity contribution in [1.82, 2.24) is 10.3 Å². The molecule has 0 radical (unpaired) electrons. The van der Waals surface area contributed by atoms with E-state index in [9.17, 15) is 9.59 Å². The van der Waals surface area contributed by atoms with E-state index in [0.717, 1.165) is 69.8 Å². The Labute approximate surface area is 184 Å². The van der Waals surface area contributed by atoms with E-state index >= 15 is 0 Å². The number of morpholine rings is 1. The molecule has 5 fully saturated rings. The van der Waals surface area contributed by atoms with Gasteiger partial charge >= 0.3 is 0 Å². The highest BCUT2D eigenvalue weighted by Gasteiger charge is 2.58. The van der Waals surface area contributed by atoms with Crippen molar-refractivity contribution in [2.75, 3.05) is 31.2 Å². The van der Waals surface area contributed by atoms with Gasteiger partial charge in [0.05, 0.1) is 18.6 Å². The van der Waals surface area contributed by atoms with Crippen molar-refractivity contribution in [1.29, 1.82) is 0 Å². The van der Waals surface area contributed by atoms with Gasteiger partial charge in [0.25, 0.3) is 0 Å². The molecule has 0 spiro atoms. The maximum Gasteiger partial charge on any atom is 0.230 e. The summed E-state index contributed by atoms with van der Waals surface area (Å²) in [6.45, 7) is 7.06. The largest absolute Gasteiger partial charge is 0.378 e. The average Bonchev–Trinajstić information content (AvgIpc) is 2.76. The average molecular weight is 427 g/mol. The first-order valence-corrected chi connectivity index (χ1v) is 11.7. The zero-order valence-electron chi connectivity index (χ0n) is 18.6. The molecule has 3 unspecified atom stereocenters. The summed E-state index contributed by atoms with van der Waals surface area (Å²) in [5, 5.41) is 3.39. The number of hydrogen-bond donors (Lipinski definition) is 2. The number of hydrogen-bond acceptors (Lipinski definition) is 5. The molecule has 1 aliphatic heterocycles. The highest BCUT2D eigenvalue weighted by atomic mass is 16.5. The predicted octanol–water partition coefficient (Wildman–Crippen LogP) is 1.99. The van der Waals surface area contributed by atoms with E-state index in [2.05, 4.69) is 15.2 Å². The smallest absolute Gasteiger partial charge is 0.230 e. The van der Waals surface area contributed by atoms with Crippen molar-refractivity contribution < 1.29 is 14.3 Å². The van der Waals surface area contributed by atoms with E-state index < -0.39 is 5.41 Å². The Morgan fingerprint density at radius 3 is 2.42 bits per heavy atom. The van der Waals surface area contributed by atoms with Gasteiger partial charge in [-0.25, -0.2) is 4.98 Å². The number of carbonyl (C=O) groups is 2. The number of primary amides is 1. The maximum absolute atomic E-state index is 13.4. The van der Waals surface area contributed by atoms with Crippen LogP contribution in [0, 0.1) is 23.2 Å². The molecule has 4 saturated carbocycles. The molecule has 0 aromatic carbocycles. The van der Waals surface area contributed by atoms with E-state index in [0.29, 0.717) is 17.8 Å². The molecular weight excluding hydrogens is 392 g/mol. The summed E-state index contributed by atoms with van der Waals surface area (Å²) in [5.74, 6) is 2.15. The zero-order chi connectivity index (χ0) is 21.8. The summed E-state index contributed by atoms with van der Waals surface area (Å²) in [7, 11) is 0. The molecule has 4 bridgehead atoms. The number of aromatic nitrogens is 1. The second kappa shape index (κ2) is 7.47. The first-order chi connectivity index (χ1) is 14.8. The van der Waals surface area contributed by atoms with Crippen LogP contribution in [0.4, 0.5) is 5.82 Å². The lowest BCUT2D eigenvalue weighted by molar-refractivity contribution is -0.148. The van der Waals surface area contributed by atoms with Crippen LogP contribution >= 0.6 is 0 Å². The molecule has 1 aromatic rings. The Morgan fingerprint density at radius 1 is 1.16 bits per heavy atom. The molecular formula is C24H34N4O3. The van der Waals surface area contributed by atoms with E-state index in [-0.39, 0.29) is 23.3 Å². The minimum absolute atomic E-state index is 0.0408. The summed E-state index contributed by atoms with van der Waals surface area (Å²) >= 11 is 0. The molecule has 7 heteroatoms. The van der Waals surface area contributed by atoms with E-state index in [1.807, 2.05) is 32.2 Å². The number of nitrogens with one attached hydrogen (secondary N) is 1. The van der Waals surface area contributed by atoms with Crippen LogP contribution in [0.15, 0.2) is 18.3 Å². The van der Waals surface area contributed by atoms with Gasteiger partial charge in [-0.05, 0) is 75.3 Å². The monoisotopic (exact) mass is 426 g/mol. The second-order valence-corrected chi connectivity index (χ2v) is 10.7. The Kier molecular flexibility index (Phi) is 5.00. The number of pyridine rings is 1. The van der Waals surface area contributed by atoms with Crippen molar-refractivity contribution in [3.63, 3.8) is 0 Å². The van der Waals surface area contributed by atoms with Crippen LogP contribution in [0.3, 0.4) is 0 Å². The quantitative estimate of drug-likeness (QED) is 0.750. The lowest BCUT2D eigenvalue weighted by Crippen LogP contribution is -2.63. The normalized spacial score (nSPS) is 34.6. The molecule has 2 heterocycles. The fraction of sp³-hybridized carbons (Fsp3) is 0.708. The van der Waals surface area contributed by atoms with Crippen LogP contribution in [0.1, 0.15) is 51.5 Å². The first-order valence-electron chi connectivity index (χ1n) is 11.7. The number of nitrogens with zero attached hydrogens (tertiary/aromatic N) is 2. The SMILES string of the molecule is CC(C)(C(=O)NC1[C@@H]2CC3C[C@H]1CC(C(N)=O)(C3)C2)c1ccc(N2CCOCC2)nc1. The molecule has 5 aliphatic rings. The minimum Gasteiger partial charge on any atom is -0.378 e. The third kappa shape index (κ3) is 3.51. The van der Waals surface area contributed by atoms with Crippen molar-refractivity contribution in [2.24, 2.45) is 28.9 Å². The maximum atomic E-state index is 13.4. The number of ether oxygens (including phenoxy) is 1. The van der Waals surface area contributed by atoms with Crippen LogP contribution in [0.2, 0.25) is 0 Å². The van der Waals surface area contributed by atoms with Gasteiger partial charge in [-0.15, -0.1) is 0 Å². The van der Waals surface area contributed by atoms with E-state index in [1.165, 1.54) is 0 Å².